The Kier molecular flexibility index (Phi) is 4.08. The van der Waals surface area contributed by atoms with Gasteiger partial charge in [0.25, 0.3) is 0 Å². The standard InChI is InChI=1S/C12H7Br2ClOS/c1-6-2-10(17-12(6)15)11(16)7-3-8(13)5-9(14)4-7/h2-5H,1H3. The van der Waals surface area contributed by atoms with Gasteiger partial charge in [-0.25, -0.2) is 0 Å². The van der Waals surface area contributed by atoms with Gasteiger partial charge in [-0.2, -0.15) is 0 Å². The van der Waals surface area contributed by atoms with Crippen LogP contribution in [0.15, 0.2) is 33.2 Å². The number of halogens is 3. The summed E-state index contributed by atoms with van der Waals surface area (Å²) in [4.78, 5) is 12.9. The molecule has 2 aromatic rings. The summed E-state index contributed by atoms with van der Waals surface area (Å²) in [5.74, 6) is -0.00741. The maximum Gasteiger partial charge on any atom is 0.203 e. The molecular weight excluding hydrogens is 387 g/mol. The molecule has 0 unspecified atom stereocenters. The topological polar surface area (TPSA) is 17.1 Å². The van der Waals surface area contributed by atoms with Crippen LogP contribution in [0.1, 0.15) is 20.8 Å². The van der Waals surface area contributed by atoms with Crippen molar-refractivity contribution < 1.29 is 4.79 Å². The number of carbonyl (C=O) groups excluding carboxylic acids is 1. The van der Waals surface area contributed by atoms with E-state index in [1.165, 1.54) is 11.3 Å². The zero-order valence-electron chi connectivity index (χ0n) is 8.76. The summed E-state index contributed by atoms with van der Waals surface area (Å²) in [5, 5.41) is 0. The van der Waals surface area contributed by atoms with Crippen molar-refractivity contribution >= 4 is 60.6 Å². The Labute approximate surface area is 125 Å². The van der Waals surface area contributed by atoms with Crippen LogP contribution in [0.2, 0.25) is 4.34 Å². The summed E-state index contributed by atoms with van der Waals surface area (Å²) in [5.41, 5.74) is 1.58. The molecule has 0 aliphatic rings. The lowest BCUT2D eigenvalue weighted by molar-refractivity contribution is 0.104. The van der Waals surface area contributed by atoms with Gasteiger partial charge in [-0.05, 0) is 36.8 Å². The Morgan fingerprint density at radius 3 is 2.24 bits per heavy atom. The first-order valence-electron chi connectivity index (χ1n) is 4.74. The summed E-state index contributed by atoms with van der Waals surface area (Å²) < 4.78 is 2.41. The zero-order valence-corrected chi connectivity index (χ0v) is 13.5. The highest BCUT2D eigenvalue weighted by atomic mass is 79.9. The van der Waals surface area contributed by atoms with Gasteiger partial charge in [0, 0.05) is 14.5 Å². The number of hydrogen-bond donors (Lipinski definition) is 0. The molecule has 0 saturated carbocycles. The SMILES string of the molecule is Cc1cc(C(=O)c2cc(Br)cc(Br)c2)sc1Cl. The Hall–Kier alpha value is -0.160. The van der Waals surface area contributed by atoms with Crippen molar-refractivity contribution in [3.63, 3.8) is 0 Å². The Balaban J connectivity index is 2.43. The normalized spacial score (nSPS) is 10.6. The predicted molar refractivity (Wildman–Crippen MR) is 79.3 cm³/mol. The first-order valence-corrected chi connectivity index (χ1v) is 7.52. The second-order valence-electron chi connectivity index (χ2n) is 3.55. The maximum absolute atomic E-state index is 12.2. The van der Waals surface area contributed by atoms with E-state index in [1.54, 1.807) is 12.1 Å². The first-order chi connectivity index (χ1) is 7.97. The van der Waals surface area contributed by atoms with Gasteiger partial charge >= 0.3 is 0 Å². The molecule has 0 saturated heterocycles. The van der Waals surface area contributed by atoms with Crippen molar-refractivity contribution in [1.82, 2.24) is 0 Å². The monoisotopic (exact) mass is 392 g/mol. The van der Waals surface area contributed by atoms with E-state index >= 15 is 0 Å². The molecule has 0 fully saturated rings. The van der Waals surface area contributed by atoms with Gasteiger partial charge in [-0.1, -0.05) is 43.5 Å². The van der Waals surface area contributed by atoms with E-state index in [0.717, 1.165) is 14.5 Å². The number of hydrogen-bond acceptors (Lipinski definition) is 2. The molecule has 0 radical (unpaired) electrons. The average Bonchev–Trinajstić information content (AvgIpc) is 2.57. The third kappa shape index (κ3) is 2.99. The van der Waals surface area contributed by atoms with Crippen LogP contribution in [0.5, 0.6) is 0 Å². The maximum atomic E-state index is 12.2. The lowest BCUT2D eigenvalue weighted by atomic mass is 10.1. The van der Waals surface area contributed by atoms with Gasteiger partial charge in [0.1, 0.15) is 0 Å². The molecule has 0 bridgehead atoms. The number of rotatable bonds is 2. The molecule has 0 aliphatic carbocycles. The van der Waals surface area contributed by atoms with Gasteiger partial charge < -0.3 is 0 Å². The molecule has 1 aromatic heterocycles. The van der Waals surface area contributed by atoms with E-state index in [9.17, 15) is 4.79 Å². The van der Waals surface area contributed by atoms with Crippen LogP contribution in [-0.2, 0) is 0 Å². The fourth-order valence-electron chi connectivity index (χ4n) is 1.40. The van der Waals surface area contributed by atoms with Crippen molar-refractivity contribution in [3.05, 3.63) is 53.6 Å². The fraction of sp³-hybridized carbons (Fsp3) is 0.0833. The molecule has 0 N–H and O–H groups in total. The third-order valence-corrected chi connectivity index (χ3v) is 4.68. The van der Waals surface area contributed by atoms with E-state index in [2.05, 4.69) is 31.9 Å². The Morgan fingerprint density at radius 1 is 1.18 bits per heavy atom. The van der Waals surface area contributed by atoms with E-state index < -0.39 is 0 Å². The van der Waals surface area contributed by atoms with Gasteiger partial charge in [0.15, 0.2) is 0 Å². The molecule has 0 amide bonds. The second-order valence-corrected chi connectivity index (χ2v) is 7.04. The van der Waals surface area contributed by atoms with Gasteiger partial charge in [-0.3, -0.25) is 4.79 Å². The van der Waals surface area contributed by atoms with Crippen molar-refractivity contribution in [2.24, 2.45) is 0 Å². The Morgan fingerprint density at radius 2 is 1.76 bits per heavy atom. The minimum atomic E-state index is -0.00741. The summed E-state index contributed by atoms with van der Waals surface area (Å²) in [7, 11) is 0. The molecule has 1 nitrogen and oxygen atoms in total. The summed E-state index contributed by atoms with van der Waals surface area (Å²) in [6, 6.07) is 7.32. The van der Waals surface area contributed by atoms with E-state index in [0.29, 0.717) is 14.8 Å². The van der Waals surface area contributed by atoms with Crippen LogP contribution < -0.4 is 0 Å². The minimum Gasteiger partial charge on any atom is -0.288 e. The molecule has 0 atom stereocenters. The molecule has 1 aromatic carbocycles. The summed E-state index contributed by atoms with van der Waals surface area (Å²) in [6.45, 7) is 1.90. The molecule has 88 valence electrons. The van der Waals surface area contributed by atoms with Gasteiger partial charge in [-0.15, -0.1) is 11.3 Å². The lowest BCUT2D eigenvalue weighted by Gasteiger charge is -2.00. The van der Waals surface area contributed by atoms with Crippen LogP contribution >= 0.6 is 54.8 Å². The zero-order chi connectivity index (χ0) is 12.6. The van der Waals surface area contributed by atoms with E-state index in [1.807, 2.05) is 19.1 Å². The molecule has 17 heavy (non-hydrogen) atoms. The van der Waals surface area contributed by atoms with Crippen LogP contribution in [0.25, 0.3) is 0 Å². The van der Waals surface area contributed by atoms with Crippen LogP contribution in [0.4, 0.5) is 0 Å². The number of thiophene rings is 1. The second kappa shape index (κ2) is 5.22. The van der Waals surface area contributed by atoms with Crippen molar-refractivity contribution in [2.75, 3.05) is 0 Å². The number of aryl methyl sites for hydroxylation is 1. The third-order valence-electron chi connectivity index (χ3n) is 2.21. The average molecular weight is 395 g/mol. The molecule has 2 rings (SSSR count). The summed E-state index contributed by atoms with van der Waals surface area (Å²) >= 11 is 14.0. The van der Waals surface area contributed by atoms with Crippen LogP contribution in [-0.4, -0.2) is 5.78 Å². The summed E-state index contributed by atoms with van der Waals surface area (Å²) in [6.07, 6.45) is 0. The number of benzene rings is 1. The van der Waals surface area contributed by atoms with E-state index in [-0.39, 0.29) is 5.78 Å². The van der Waals surface area contributed by atoms with Crippen LogP contribution in [0, 0.1) is 6.92 Å². The first kappa shape index (κ1) is 13.3. The smallest absolute Gasteiger partial charge is 0.203 e. The van der Waals surface area contributed by atoms with Gasteiger partial charge in [0.2, 0.25) is 5.78 Å². The highest BCUT2D eigenvalue weighted by molar-refractivity contribution is 9.11. The van der Waals surface area contributed by atoms with Crippen molar-refractivity contribution in [3.8, 4) is 0 Å². The highest BCUT2D eigenvalue weighted by Crippen LogP contribution is 2.30. The molecule has 0 aliphatic heterocycles. The molecule has 5 heteroatoms. The number of carbonyl (C=O) groups is 1. The quantitative estimate of drug-likeness (QED) is 0.618. The van der Waals surface area contributed by atoms with Gasteiger partial charge in [0.05, 0.1) is 9.21 Å². The highest BCUT2D eigenvalue weighted by Gasteiger charge is 2.14. The molecular formula is C12H7Br2ClOS. The fourth-order valence-corrected chi connectivity index (χ4v) is 3.86. The van der Waals surface area contributed by atoms with Crippen molar-refractivity contribution in [2.45, 2.75) is 6.92 Å². The minimum absolute atomic E-state index is 0.00741. The van der Waals surface area contributed by atoms with Crippen molar-refractivity contribution in [1.29, 1.82) is 0 Å². The predicted octanol–water partition coefficient (Wildman–Crippen LogP) is 5.47. The lowest BCUT2D eigenvalue weighted by Crippen LogP contribution is -1.98. The molecule has 0 spiro atoms. The van der Waals surface area contributed by atoms with Crippen LogP contribution in [0.3, 0.4) is 0 Å². The van der Waals surface area contributed by atoms with E-state index in [4.69, 9.17) is 11.6 Å². The number of ketones is 1. The largest absolute Gasteiger partial charge is 0.288 e. The Bertz CT molecular complexity index is 552. The molecule has 1 heterocycles.